The van der Waals surface area contributed by atoms with E-state index in [1.54, 1.807) is 0 Å². The van der Waals surface area contributed by atoms with Crippen LogP contribution >= 0.6 is 0 Å². The second-order valence-electron chi connectivity index (χ2n) is 6.49. The lowest BCUT2D eigenvalue weighted by Crippen LogP contribution is -2.26. The van der Waals surface area contributed by atoms with E-state index in [1.807, 2.05) is 0 Å². The molecule has 1 aliphatic carbocycles. The molecule has 3 unspecified atom stereocenters. The summed E-state index contributed by atoms with van der Waals surface area (Å²) in [5.74, 6) is -2.40. The summed E-state index contributed by atoms with van der Waals surface area (Å²) in [6.07, 6.45) is 8.11. The first-order chi connectivity index (χ1) is 11.8. The highest BCUT2D eigenvalue weighted by Crippen LogP contribution is 2.29. The van der Waals surface area contributed by atoms with Gasteiger partial charge in [-0.05, 0) is 31.6 Å². The first-order valence-electron chi connectivity index (χ1n) is 9.10. The molecule has 0 aromatic rings. The van der Waals surface area contributed by atoms with Crippen LogP contribution < -0.4 is 0 Å². The van der Waals surface area contributed by atoms with Crippen molar-refractivity contribution < 1.29 is 29.3 Å². The van der Waals surface area contributed by atoms with Gasteiger partial charge in [-0.25, -0.2) is 4.79 Å². The van der Waals surface area contributed by atoms with Gasteiger partial charge in [0, 0.05) is 6.08 Å². The number of ether oxygens (including phenoxy) is 1. The zero-order valence-corrected chi connectivity index (χ0v) is 15.4. The Morgan fingerprint density at radius 3 is 2.12 bits per heavy atom. The summed E-state index contributed by atoms with van der Waals surface area (Å²) < 4.78 is 4.98. The number of aliphatic carboxylic acids is 2. The van der Waals surface area contributed by atoms with E-state index in [1.165, 1.54) is 18.9 Å². The third-order valence-electron chi connectivity index (χ3n) is 4.54. The highest BCUT2D eigenvalue weighted by Gasteiger charge is 2.30. The maximum Gasteiger partial charge on any atom is 0.330 e. The van der Waals surface area contributed by atoms with Crippen molar-refractivity contribution in [3.63, 3.8) is 0 Å². The van der Waals surface area contributed by atoms with Crippen LogP contribution in [0.15, 0.2) is 12.7 Å². The summed E-state index contributed by atoms with van der Waals surface area (Å²) in [4.78, 5) is 31.8. The van der Waals surface area contributed by atoms with E-state index < -0.39 is 23.8 Å². The molecule has 0 radical (unpaired) electrons. The molecule has 2 N–H and O–H groups in total. The van der Waals surface area contributed by atoms with Crippen molar-refractivity contribution in [2.75, 3.05) is 6.61 Å². The van der Waals surface area contributed by atoms with E-state index in [0.29, 0.717) is 38.2 Å². The van der Waals surface area contributed by atoms with E-state index in [-0.39, 0.29) is 5.97 Å². The second kappa shape index (κ2) is 13.4. The van der Waals surface area contributed by atoms with Crippen LogP contribution in [0.5, 0.6) is 0 Å². The molecule has 0 aliphatic heterocycles. The molecule has 144 valence electrons. The van der Waals surface area contributed by atoms with E-state index in [0.717, 1.165) is 12.8 Å². The van der Waals surface area contributed by atoms with Gasteiger partial charge in [-0.1, -0.05) is 46.1 Å². The molecule has 1 saturated carbocycles. The fraction of sp³-hybridized carbons (Fsp3) is 0.737. The molecule has 0 heterocycles. The van der Waals surface area contributed by atoms with Crippen LogP contribution in [0.25, 0.3) is 0 Å². The van der Waals surface area contributed by atoms with Crippen molar-refractivity contribution in [3.8, 4) is 0 Å². The van der Waals surface area contributed by atoms with Crippen LogP contribution in [0.3, 0.4) is 0 Å². The number of unbranched alkanes of at least 4 members (excludes halogenated alkanes) is 1. The van der Waals surface area contributed by atoms with Gasteiger partial charge in [0.25, 0.3) is 0 Å². The molecule has 0 bridgehead atoms. The molecule has 25 heavy (non-hydrogen) atoms. The van der Waals surface area contributed by atoms with E-state index >= 15 is 0 Å². The molecule has 0 saturated heterocycles. The lowest BCUT2D eigenvalue weighted by atomic mass is 9.81. The summed E-state index contributed by atoms with van der Waals surface area (Å²) in [5, 5.41) is 17.3. The van der Waals surface area contributed by atoms with Gasteiger partial charge >= 0.3 is 17.9 Å². The number of carboxylic acid groups (broad SMARTS) is 2. The Morgan fingerprint density at radius 2 is 1.72 bits per heavy atom. The quantitative estimate of drug-likeness (QED) is 0.480. The molecule has 0 aromatic carbocycles. The SMILES string of the molecule is C=CC(=O)OCC(CC)CCCC.O=C(O)C1CCCC(C(=O)O)C1. The Hall–Kier alpha value is -1.85. The van der Waals surface area contributed by atoms with Crippen LogP contribution in [-0.4, -0.2) is 34.7 Å². The molecular weight excluding hydrogens is 324 g/mol. The van der Waals surface area contributed by atoms with Crippen LogP contribution in [0.2, 0.25) is 0 Å². The minimum Gasteiger partial charge on any atom is -0.481 e. The van der Waals surface area contributed by atoms with Crippen LogP contribution in [0.1, 0.15) is 65.2 Å². The highest BCUT2D eigenvalue weighted by molar-refractivity contribution is 5.81. The van der Waals surface area contributed by atoms with Gasteiger partial charge in [0.05, 0.1) is 18.4 Å². The van der Waals surface area contributed by atoms with Gasteiger partial charge in [0.15, 0.2) is 0 Å². The average Bonchev–Trinajstić information content (AvgIpc) is 2.62. The van der Waals surface area contributed by atoms with Gasteiger partial charge in [-0.15, -0.1) is 0 Å². The smallest absolute Gasteiger partial charge is 0.330 e. The van der Waals surface area contributed by atoms with Crippen molar-refractivity contribution in [1.29, 1.82) is 0 Å². The van der Waals surface area contributed by atoms with Gasteiger partial charge in [-0.2, -0.15) is 0 Å². The standard InChI is InChI=1S/C11H20O2.C8H12O4/c1-4-7-8-10(5-2)9-13-11(12)6-3;9-7(10)5-2-1-3-6(4-5)8(11)12/h6,10H,3-5,7-9H2,1-2H3;5-6H,1-4H2,(H,9,10)(H,11,12). The zero-order valence-electron chi connectivity index (χ0n) is 15.4. The zero-order chi connectivity index (χ0) is 19.2. The number of carbonyl (C=O) groups excluding carboxylic acids is 1. The summed E-state index contributed by atoms with van der Waals surface area (Å²) >= 11 is 0. The Kier molecular flexibility index (Phi) is 12.4. The highest BCUT2D eigenvalue weighted by atomic mass is 16.5. The number of hydrogen-bond acceptors (Lipinski definition) is 4. The summed E-state index contributed by atoms with van der Waals surface area (Å²) in [7, 11) is 0. The van der Waals surface area contributed by atoms with Gasteiger partial charge in [-0.3, -0.25) is 9.59 Å². The van der Waals surface area contributed by atoms with E-state index in [2.05, 4.69) is 20.4 Å². The van der Waals surface area contributed by atoms with E-state index in [4.69, 9.17) is 14.9 Å². The maximum atomic E-state index is 10.8. The summed E-state index contributed by atoms with van der Waals surface area (Å²) in [5.41, 5.74) is 0. The average molecular weight is 356 g/mol. The van der Waals surface area contributed by atoms with Crippen molar-refractivity contribution in [1.82, 2.24) is 0 Å². The second-order valence-corrected chi connectivity index (χ2v) is 6.49. The predicted molar refractivity (Wildman–Crippen MR) is 95.2 cm³/mol. The third kappa shape index (κ3) is 10.6. The van der Waals surface area contributed by atoms with Crippen molar-refractivity contribution in [2.45, 2.75) is 65.2 Å². The van der Waals surface area contributed by atoms with Crippen LogP contribution in [0.4, 0.5) is 0 Å². The number of rotatable bonds is 9. The van der Waals surface area contributed by atoms with Crippen LogP contribution in [0, 0.1) is 17.8 Å². The Morgan fingerprint density at radius 1 is 1.16 bits per heavy atom. The molecule has 6 heteroatoms. The molecular formula is C19H32O6. The molecule has 3 atom stereocenters. The van der Waals surface area contributed by atoms with Gasteiger partial charge < -0.3 is 14.9 Å². The monoisotopic (exact) mass is 356 g/mol. The van der Waals surface area contributed by atoms with Crippen molar-refractivity contribution in [3.05, 3.63) is 12.7 Å². The lowest BCUT2D eigenvalue weighted by Gasteiger charge is -2.23. The maximum absolute atomic E-state index is 10.8. The fourth-order valence-corrected chi connectivity index (χ4v) is 2.80. The number of carboxylic acids is 2. The Balaban J connectivity index is 0.000000462. The normalized spacial score (nSPS) is 20.6. The topological polar surface area (TPSA) is 101 Å². The van der Waals surface area contributed by atoms with Crippen LogP contribution in [-0.2, 0) is 19.1 Å². The summed E-state index contributed by atoms with van der Waals surface area (Å²) in [6.45, 7) is 8.19. The molecule has 1 aliphatic rings. The number of carbonyl (C=O) groups is 3. The number of hydrogen-bond donors (Lipinski definition) is 2. The summed E-state index contributed by atoms with van der Waals surface area (Å²) in [6, 6.07) is 0. The number of esters is 1. The van der Waals surface area contributed by atoms with E-state index in [9.17, 15) is 14.4 Å². The first kappa shape index (κ1) is 23.1. The van der Waals surface area contributed by atoms with Gasteiger partial charge in [0.2, 0.25) is 0 Å². The van der Waals surface area contributed by atoms with Gasteiger partial charge in [0.1, 0.15) is 0 Å². The Labute approximate surface area is 150 Å². The molecule has 1 fully saturated rings. The minimum atomic E-state index is -0.860. The molecule has 0 aromatic heterocycles. The fourth-order valence-electron chi connectivity index (χ4n) is 2.80. The van der Waals surface area contributed by atoms with Crippen molar-refractivity contribution in [2.24, 2.45) is 17.8 Å². The molecule has 0 spiro atoms. The largest absolute Gasteiger partial charge is 0.481 e. The molecule has 0 amide bonds. The Bertz CT molecular complexity index is 412. The molecule has 6 nitrogen and oxygen atoms in total. The predicted octanol–water partition coefficient (Wildman–Crippen LogP) is 3.89. The molecule has 1 rings (SSSR count). The lowest BCUT2D eigenvalue weighted by molar-refractivity contribution is -0.148. The van der Waals surface area contributed by atoms with Crippen molar-refractivity contribution >= 4 is 17.9 Å². The minimum absolute atomic E-state index is 0.296. The third-order valence-corrected chi connectivity index (χ3v) is 4.54. The first-order valence-corrected chi connectivity index (χ1v) is 9.10.